The van der Waals surface area contributed by atoms with Gasteiger partial charge in [0.2, 0.25) is 11.8 Å². The van der Waals surface area contributed by atoms with Gasteiger partial charge in [0.15, 0.2) is 0 Å². The van der Waals surface area contributed by atoms with Crippen molar-refractivity contribution < 1.29 is 18.8 Å². The van der Waals surface area contributed by atoms with Crippen molar-refractivity contribution in [1.82, 2.24) is 5.16 Å². The fourth-order valence-corrected chi connectivity index (χ4v) is 3.53. The number of aromatic nitrogens is 1. The second-order valence-electron chi connectivity index (χ2n) is 6.84. The van der Waals surface area contributed by atoms with Crippen LogP contribution in [-0.4, -0.2) is 30.6 Å². The Kier molecular flexibility index (Phi) is 5.48. The number of carbonyl (C=O) groups is 2. The molecule has 0 saturated carbocycles. The summed E-state index contributed by atoms with van der Waals surface area (Å²) >= 11 is 0. The second-order valence-corrected chi connectivity index (χ2v) is 6.84. The number of benzene rings is 1. The van der Waals surface area contributed by atoms with Crippen molar-refractivity contribution in [3.63, 3.8) is 0 Å². The molecule has 1 aliphatic heterocycles. The number of carbonyl (C=O) groups excluding carboxylic acids is 2. The molecule has 7 heteroatoms. The van der Waals surface area contributed by atoms with E-state index in [1.807, 2.05) is 13.8 Å². The number of hydrogen-bond donors (Lipinski definition) is 1. The minimum absolute atomic E-state index is 0.0760. The number of hydrogen-bond acceptors (Lipinski definition) is 5. The normalized spacial score (nSPS) is 15.6. The highest BCUT2D eigenvalue weighted by molar-refractivity contribution is 5.99. The monoisotopic (exact) mass is 371 g/mol. The van der Waals surface area contributed by atoms with E-state index >= 15 is 0 Å². The third kappa shape index (κ3) is 3.82. The molecule has 0 spiro atoms. The van der Waals surface area contributed by atoms with Gasteiger partial charge in [-0.25, -0.2) is 0 Å². The summed E-state index contributed by atoms with van der Waals surface area (Å²) in [4.78, 5) is 26.8. The molecule has 7 nitrogen and oxygen atoms in total. The molecule has 0 bridgehead atoms. The summed E-state index contributed by atoms with van der Waals surface area (Å²) in [6.45, 7) is 6.10. The second kappa shape index (κ2) is 7.82. The highest BCUT2D eigenvalue weighted by Crippen LogP contribution is 2.34. The fraction of sp³-hybridized carbons (Fsp3) is 0.450. The van der Waals surface area contributed by atoms with Crippen LogP contribution < -0.4 is 15.0 Å². The molecule has 1 aromatic heterocycles. The Hall–Kier alpha value is -2.83. The van der Waals surface area contributed by atoms with Gasteiger partial charge in [-0.3, -0.25) is 9.59 Å². The van der Waals surface area contributed by atoms with E-state index in [0.717, 1.165) is 18.4 Å². The molecule has 2 amide bonds. The molecule has 1 atom stereocenters. The van der Waals surface area contributed by atoms with Gasteiger partial charge >= 0.3 is 0 Å². The predicted octanol–water partition coefficient (Wildman–Crippen LogP) is 3.56. The first-order valence-corrected chi connectivity index (χ1v) is 9.14. The van der Waals surface area contributed by atoms with Gasteiger partial charge in [0.05, 0.1) is 24.4 Å². The van der Waals surface area contributed by atoms with Crippen LogP contribution in [0.4, 0.5) is 11.4 Å². The Balaban J connectivity index is 1.84. The molecule has 1 unspecified atom stereocenters. The molecule has 1 fully saturated rings. The molecule has 0 aliphatic carbocycles. The molecule has 0 radical (unpaired) electrons. The minimum atomic E-state index is -0.404. The van der Waals surface area contributed by atoms with Crippen LogP contribution in [0.5, 0.6) is 5.75 Å². The van der Waals surface area contributed by atoms with Gasteiger partial charge in [-0.05, 0) is 51.8 Å². The Labute approximate surface area is 158 Å². The van der Waals surface area contributed by atoms with E-state index in [0.29, 0.717) is 41.5 Å². The standard InChI is InChI=1S/C20H25N3O4/c1-12(19-13(2)22-27-14(19)3)20(25)21-15-8-9-17(26-4)16(11-15)23-10-6-5-7-18(23)24/h8-9,11-12H,5-7,10H2,1-4H3,(H,21,25). The topological polar surface area (TPSA) is 84.7 Å². The summed E-state index contributed by atoms with van der Waals surface area (Å²) in [6.07, 6.45) is 2.39. The summed E-state index contributed by atoms with van der Waals surface area (Å²) in [5.74, 6) is 0.766. The highest BCUT2D eigenvalue weighted by atomic mass is 16.5. The summed E-state index contributed by atoms with van der Waals surface area (Å²) < 4.78 is 10.6. The number of aryl methyl sites for hydroxylation is 2. The van der Waals surface area contributed by atoms with E-state index in [-0.39, 0.29) is 11.8 Å². The van der Waals surface area contributed by atoms with E-state index in [2.05, 4.69) is 10.5 Å². The van der Waals surface area contributed by atoms with Crippen molar-refractivity contribution in [2.45, 2.75) is 46.0 Å². The lowest BCUT2D eigenvalue weighted by atomic mass is 9.98. The fourth-order valence-electron chi connectivity index (χ4n) is 3.53. The Bertz CT molecular complexity index is 839. The van der Waals surface area contributed by atoms with E-state index in [4.69, 9.17) is 9.26 Å². The van der Waals surface area contributed by atoms with Crippen LogP contribution in [0.25, 0.3) is 0 Å². The molecular weight excluding hydrogens is 346 g/mol. The average molecular weight is 371 g/mol. The maximum absolute atomic E-state index is 12.7. The third-order valence-corrected chi connectivity index (χ3v) is 4.98. The van der Waals surface area contributed by atoms with Gasteiger partial charge in [0.1, 0.15) is 11.5 Å². The zero-order chi connectivity index (χ0) is 19.6. The van der Waals surface area contributed by atoms with Crippen molar-refractivity contribution in [2.75, 3.05) is 23.9 Å². The van der Waals surface area contributed by atoms with E-state index in [1.54, 1.807) is 37.1 Å². The Morgan fingerprint density at radius 2 is 2.11 bits per heavy atom. The van der Waals surface area contributed by atoms with Crippen molar-refractivity contribution in [3.05, 3.63) is 35.2 Å². The Morgan fingerprint density at radius 3 is 2.74 bits per heavy atom. The lowest BCUT2D eigenvalue weighted by molar-refractivity contribution is -0.119. The number of rotatable bonds is 5. The number of nitrogens with zero attached hydrogens (tertiary/aromatic N) is 2. The summed E-state index contributed by atoms with van der Waals surface area (Å²) in [5.41, 5.74) is 2.81. The van der Waals surface area contributed by atoms with E-state index in [1.165, 1.54) is 0 Å². The van der Waals surface area contributed by atoms with Crippen LogP contribution in [0.2, 0.25) is 0 Å². The maximum Gasteiger partial charge on any atom is 0.231 e. The SMILES string of the molecule is COc1ccc(NC(=O)C(C)c2c(C)noc2C)cc1N1CCCCC1=O. The van der Waals surface area contributed by atoms with Crippen LogP contribution >= 0.6 is 0 Å². The number of piperidine rings is 1. The smallest absolute Gasteiger partial charge is 0.231 e. The third-order valence-electron chi connectivity index (χ3n) is 4.98. The molecule has 27 heavy (non-hydrogen) atoms. The molecule has 2 aromatic rings. The van der Waals surface area contributed by atoms with Crippen molar-refractivity contribution in [2.24, 2.45) is 0 Å². The summed E-state index contributed by atoms with van der Waals surface area (Å²) in [5, 5.41) is 6.85. The zero-order valence-corrected chi connectivity index (χ0v) is 16.2. The van der Waals surface area contributed by atoms with Crippen LogP contribution in [0.15, 0.2) is 22.7 Å². The molecule has 1 aliphatic rings. The van der Waals surface area contributed by atoms with Gasteiger partial charge in [0, 0.05) is 24.2 Å². The van der Waals surface area contributed by atoms with Crippen LogP contribution in [-0.2, 0) is 9.59 Å². The first kappa shape index (κ1) is 18.9. The molecule has 1 saturated heterocycles. The lowest BCUT2D eigenvalue weighted by Gasteiger charge is -2.28. The van der Waals surface area contributed by atoms with Gasteiger partial charge in [-0.1, -0.05) is 5.16 Å². The van der Waals surface area contributed by atoms with E-state index < -0.39 is 5.92 Å². The van der Waals surface area contributed by atoms with Crippen LogP contribution in [0.1, 0.15) is 49.1 Å². The van der Waals surface area contributed by atoms with E-state index in [9.17, 15) is 9.59 Å². The predicted molar refractivity (Wildman–Crippen MR) is 102 cm³/mol. The van der Waals surface area contributed by atoms with Crippen LogP contribution in [0.3, 0.4) is 0 Å². The molecule has 144 valence electrons. The van der Waals surface area contributed by atoms with Crippen molar-refractivity contribution in [1.29, 1.82) is 0 Å². The molecular formula is C20H25N3O4. The lowest BCUT2D eigenvalue weighted by Crippen LogP contribution is -2.35. The van der Waals surface area contributed by atoms with Crippen molar-refractivity contribution >= 4 is 23.2 Å². The number of nitrogens with one attached hydrogen (secondary N) is 1. The van der Waals surface area contributed by atoms with Gasteiger partial charge in [-0.15, -0.1) is 0 Å². The minimum Gasteiger partial charge on any atom is -0.495 e. The highest BCUT2D eigenvalue weighted by Gasteiger charge is 2.25. The first-order valence-electron chi connectivity index (χ1n) is 9.14. The molecule has 3 rings (SSSR count). The van der Waals surface area contributed by atoms with Gasteiger partial charge < -0.3 is 19.5 Å². The van der Waals surface area contributed by atoms with Gasteiger partial charge in [0.25, 0.3) is 0 Å². The summed E-state index contributed by atoms with van der Waals surface area (Å²) in [6, 6.07) is 5.34. The number of methoxy groups -OCH3 is 1. The largest absolute Gasteiger partial charge is 0.495 e. The molecule has 2 heterocycles. The number of ether oxygens (including phenoxy) is 1. The molecule has 1 aromatic carbocycles. The zero-order valence-electron chi connectivity index (χ0n) is 16.2. The summed E-state index contributed by atoms with van der Waals surface area (Å²) in [7, 11) is 1.57. The quantitative estimate of drug-likeness (QED) is 0.869. The van der Waals surface area contributed by atoms with Gasteiger partial charge in [-0.2, -0.15) is 0 Å². The molecule has 1 N–H and O–H groups in total. The number of anilines is 2. The van der Waals surface area contributed by atoms with Crippen molar-refractivity contribution in [3.8, 4) is 5.75 Å². The first-order chi connectivity index (χ1) is 12.9. The Morgan fingerprint density at radius 1 is 1.33 bits per heavy atom. The van der Waals surface area contributed by atoms with Crippen LogP contribution in [0, 0.1) is 13.8 Å². The maximum atomic E-state index is 12.7. The number of amides is 2. The average Bonchev–Trinajstić information content (AvgIpc) is 2.99.